The highest BCUT2D eigenvalue weighted by molar-refractivity contribution is 5.73. The van der Waals surface area contributed by atoms with Gasteiger partial charge in [-0.2, -0.15) is 26.3 Å². The van der Waals surface area contributed by atoms with E-state index in [1.807, 2.05) is 18.5 Å². The summed E-state index contributed by atoms with van der Waals surface area (Å²) in [5.74, 6) is -5.51. The maximum atomic E-state index is 10.6. The zero-order valence-corrected chi connectivity index (χ0v) is 18.5. The molecular weight excluding hydrogens is 470 g/mol. The van der Waals surface area contributed by atoms with Crippen molar-refractivity contribution in [1.29, 1.82) is 0 Å². The van der Waals surface area contributed by atoms with Crippen molar-refractivity contribution >= 4 is 11.9 Å². The van der Waals surface area contributed by atoms with Crippen LogP contribution in [-0.4, -0.2) is 58.0 Å². The van der Waals surface area contributed by atoms with Crippen molar-refractivity contribution in [2.75, 3.05) is 13.6 Å². The first-order valence-corrected chi connectivity index (χ1v) is 9.92. The summed E-state index contributed by atoms with van der Waals surface area (Å²) in [6, 6.07) is 13.1. The summed E-state index contributed by atoms with van der Waals surface area (Å²) in [5.41, 5.74) is 4.14. The van der Waals surface area contributed by atoms with Gasteiger partial charge in [0.05, 0.1) is 0 Å². The third-order valence-electron chi connectivity index (χ3n) is 4.10. The first kappa shape index (κ1) is 30.9. The molecule has 0 radical (unpaired) electrons. The van der Waals surface area contributed by atoms with Crippen LogP contribution >= 0.6 is 0 Å². The first-order valence-electron chi connectivity index (χ1n) is 9.92. The number of hydrogen-bond donors (Lipinski definition) is 2. The van der Waals surface area contributed by atoms with Crippen LogP contribution in [0.4, 0.5) is 26.3 Å². The molecule has 0 aliphatic rings. The zero-order chi connectivity index (χ0) is 26.4. The topological polar surface area (TPSA) is 90.7 Å². The number of aryl methyl sites for hydroxylation is 2. The largest absolute Gasteiger partial charge is 0.490 e. The molecule has 2 rings (SSSR count). The minimum Gasteiger partial charge on any atom is -0.475 e. The Morgan fingerprint density at radius 2 is 1.35 bits per heavy atom. The molecule has 1 aromatic heterocycles. The van der Waals surface area contributed by atoms with E-state index in [1.54, 1.807) is 0 Å². The Kier molecular flexibility index (Phi) is 13.5. The van der Waals surface area contributed by atoms with E-state index in [4.69, 9.17) is 19.8 Å². The number of aliphatic carboxylic acids is 2. The molecule has 0 bridgehead atoms. The van der Waals surface area contributed by atoms with Crippen LogP contribution in [0.5, 0.6) is 0 Å². The predicted molar refractivity (Wildman–Crippen MR) is 112 cm³/mol. The summed E-state index contributed by atoms with van der Waals surface area (Å²) < 4.78 is 63.5. The number of carbonyl (C=O) groups is 2. The predicted octanol–water partition coefficient (Wildman–Crippen LogP) is 4.98. The van der Waals surface area contributed by atoms with Gasteiger partial charge in [-0.1, -0.05) is 37.3 Å². The van der Waals surface area contributed by atoms with E-state index in [9.17, 15) is 26.3 Å². The van der Waals surface area contributed by atoms with Gasteiger partial charge in [0.25, 0.3) is 0 Å². The molecular formula is C22H26F6N2O4. The van der Waals surface area contributed by atoms with Gasteiger partial charge in [-0.3, -0.25) is 4.98 Å². The highest BCUT2D eigenvalue weighted by atomic mass is 19.4. The van der Waals surface area contributed by atoms with Crippen LogP contribution in [0.2, 0.25) is 0 Å². The SMILES string of the molecule is CCc1ccc(CCCN(C)Cc2cccnc2)cc1.O=C(O)C(F)(F)F.O=C(O)C(F)(F)F. The van der Waals surface area contributed by atoms with E-state index in [1.165, 1.54) is 23.1 Å². The van der Waals surface area contributed by atoms with Crippen LogP contribution in [0.15, 0.2) is 48.8 Å². The van der Waals surface area contributed by atoms with Crippen molar-refractivity contribution in [2.45, 2.75) is 45.1 Å². The Morgan fingerprint density at radius 3 is 1.74 bits per heavy atom. The summed E-state index contributed by atoms with van der Waals surface area (Å²) in [5, 5.41) is 14.2. The number of pyridine rings is 1. The van der Waals surface area contributed by atoms with Gasteiger partial charge < -0.3 is 15.1 Å². The molecule has 6 nitrogen and oxygen atoms in total. The van der Waals surface area contributed by atoms with E-state index in [2.05, 4.69) is 54.2 Å². The van der Waals surface area contributed by atoms with Gasteiger partial charge >= 0.3 is 24.3 Å². The number of rotatable bonds is 7. The fraction of sp³-hybridized carbons (Fsp3) is 0.409. The summed E-state index contributed by atoms with van der Waals surface area (Å²) in [6.07, 6.45) is -2.93. The maximum Gasteiger partial charge on any atom is 0.490 e. The standard InChI is InChI=1S/C18H24N2.2C2HF3O2/c1-3-16-8-10-17(11-9-16)7-5-13-20(2)15-18-6-4-12-19-14-18;2*3-2(4,5)1(6)7/h4,6,8-12,14H,3,5,7,13,15H2,1-2H3;2*(H,6,7). The molecule has 0 saturated carbocycles. The lowest BCUT2D eigenvalue weighted by Gasteiger charge is -2.16. The van der Waals surface area contributed by atoms with Crippen molar-refractivity contribution in [1.82, 2.24) is 9.88 Å². The number of hydrogen-bond acceptors (Lipinski definition) is 4. The molecule has 0 aliphatic carbocycles. The van der Waals surface area contributed by atoms with Crippen molar-refractivity contribution in [2.24, 2.45) is 0 Å². The Balaban J connectivity index is 0.000000642. The molecule has 2 N–H and O–H groups in total. The van der Waals surface area contributed by atoms with Gasteiger partial charge in [-0.15, -0.1) is 0 Å². The van der Waals surface area contributed by atoms with Gasteiger partial charge in [0, 0.05) is 18.9 Å². The van der Waals surface area contributed by atoms with Crippen LogP contribution in [0.3, 0.4) is 0 Å². The van der Waals surface area contributed by atoms with Gasteiger partial charge in [0.15, 0.2) is 0 Å². The monoisotopic (exact) mass is 496 g/mol. The van der Waals surface area contributed by atoms with Crippen LogP contribution in [0, 0.1) is 0 Å². The van der Waals surface area contributed by atoms with Crippen LogP contribution in [0.1, 0.15) is 30.0 Å². The van der Waals surface area contributed by atoms with Crippen LogP contribution in [-0.2, 0) is 29.0 Å². The summed E-state index contributed by atoms with van der Waals surface area (Å²) in [4.78, 5) is 24.3. The molecule has 34 heavy (non-hydrogen) atoms. The first-order chi connectivity index (χ1) is 15.7. The number of halogens is 6. The molecule has 0 fully saturated rings. The lowest BCUT2D eigenvalue weighted by atomic mass is 10.1. The molecule has 0 amide bonds. The Morgan fingerprint density at radius 1 is 0.882 bits per heavy atom. The molecule has 2 aromatic rings. The average molecular weight is 496 g/mol. The van der Waals surface area contributed by atoms with E-state index < -0.39 is 24.3 Å². The van der Waals surface area contributed by atoms with Gasteiger partial charge in [-0.25, -0.2) is 9.59 Å². The smallest absolute Gasteiger partial charge is 0.475 e. The van der Waals surface area contributed by atoms with Crippen LogP contribution in [0.25, 0.3) is 0 Å². The van der Waals surface area contributed by atoms with E-state index in [0.717, 1.165) is 25.9 Å². The molecule has 12 heteroatoms. The summed E-state index contributed by atoms with van der Waals surface area (Å²) >= 11 is 0. The number of aromatic nitrogens is 1. The summed E-state index contributed by atoms with van der Waals surface area (Å²) in [6.45, 7) is 4.29. The van der Waals surface area contributed by atoms with Crippen LogP contribution < -0.4 is 0 Å². The van der Waals surface area contributed by atoms with E-state index >= 15 is 0 Å². The van der Waals surface area contributed by atoms with Crippen molar-refractivity contribution in [3.8, 4) is 0 Å². The average Bonchev–Trinajstić information content (AvgIpc) is 2.74. The van der Waals surface area contributed by atoms with Crippen molar-refractivity contribution < 1.29 is 46.1 Å². The Hall–Kier alpha value is -3.15. The van der Waals surface area contributed by atoms with Crippen molar-refractivity contribution in [3.63, 3.8) is 0 Å². The van der Waals surface area contributed by atoms with Gasteiger partial charge in [-0.05, 0) is 55.6 Å². The maximum absolute atomic E-state index is 10.6. The number of nitrogens with zero attached hydrogens (tertiary/aromatic N) is 2. The lowest BCUT2D eigenvalue weighted by Crippen LogP contribution is -2.21. The fourth-order valence-electron chi connectivity index (χ4n) is 2.38. The quantitative estimate of drug-likeness (QED) is 0.526. The fourth-order valence-corrected chi connectivity index (χ4v) is 2.38. The normalized spacial score (nSPS) is 11.1. The van der Waals surface area contributed by atoms with E-state index in [0.29, 0.717) is 0 Å². The third kappa shape index (κ3) is 14.8. The highest BCUT2D eigenvalue weighted by Crippen LogP contribution is 2.13. The minimum absolute atomic E-state index is 0.975. The molecule has 0 unspecified atom stereocenters. The molecule has 0 aliphatic heterocycles. The number of carboxylic acid groups (broad SMARTS) is 2. The zero-order valence-electron chi connectivity index (χ0n) is 18.5. The molecule has 190 valence electrons. The number of alkyl halides is 6. The molecule has 1 aromatic carbocycles. The Labute approximate surface area is 192 Å². The Bertz CT molecular complexity index is 832. The molecule has 0 spiro atoms. The summed E-state index contributed by atoms with van der Waals surface area (Å²) in [7, 11) is 2.17. The van der Waals surface area contributed by atoms with Crippen molar-refractivity contribution in [3.05, 3.63) is 65.5 Å². The third-order valence-corrected chi connectivity index (χ3v) is 4.10. The lowest BCUT2D eigenvalue weighted by molar-refractivity contribution is -0.193. The number of benzene rings is 1. The second-order valence-corrected chi connectivity index (χ2v) is 6.98. The van der Waals surface area contributed by atoms with Gasteiger partial charge in [0.1, 0.15) is 0 Å². The molecule has 0 saturated heterocycles. The van der Waals surface area contributed by atoms with E-state index in [-0.39, 0.29) is 0 Å². The second-order valence-electron chi connectivity index (χ2n) is 6.98. The molecule has 0 atom stereocenters. The molecule has 1 heterocycles. The number of carboxylic acids is 2. The minimum atomic E-state index is -5.08. The second kappa shape index (κ2) is 14.9. The van der Waals surface area contributed by atoms with Gasteiger partial charge in [0.2, 0.25) is 0 Å². The highest BCUT2D eigenvalue weighted by Gasteiger charge is 2.38.